The molecule has 1 atom stereocenters. The second kappa shape index (κ2) is 7.42. The van der Waals surface area contributed by atoms with Crippen LogP contribution < -0.4 is 0 Å². The number of aromatic nitrogens is 1. The van der Waals surface area contributed by atoms with E-state index < -0.39 is 12.0 Å². The summed E-state index contributed by atoms with van der Waals surface area (Å²) in [5.41, 5.74) is 1.81. The number of carbonyl (C=O) groups is 3. The van der Waals surface area contributed by atoms with Crippen molar-refractivity contribution in [3.8, 4) is 0 Å². The number of carbonyl (C=O) groups excluding carboxylic acids is 3. The molecule has 2 heterocycles. The molecule has 0 radical (unpaired) electrons. The predicted molar refractivity (Wildman–Crippen MR) is 97.4 cm³/mol. The predicted octanol–water partition coefficient (Wildman–Crippen LogP) is 3.02. The van der Waals surface area contributed by atoms with Gasteiger partial charge in [0, 0.05) is 17.2 Å². The number of amides is 1. The summed E-state index contributed by atoms with van der Waals surface area (Å²) >= 11 is 0. The highest BCUT2D eigenvalue weighted by Crippen LogP contribution is 2.33. The monoisotopic (exact) mass is 372 g/mol. The van der Waals surface area contributed by atoms with Crippen LogP contribution in [0.4, 0.5) is 0 Å². The number of ether oxygens (including phenoxy) is 1. The molecular weight excluding hydrogens is 348 g/mol. The molecule has 1 saturated carbocycles. The number of aryl methyl sites for hydroxylation is 1. The molecule has 0 spiro atoms. The second-order valence-electron chi connectivity index (χ2n) is 6.98. The van der Waals surface area contributed by atoms with Gasteiger partial charge in [-0.15, -0.1) is 0 Å². The van der Waals surface area contributed by atoms with E-state index in [0.29, 0.717) is 22.6 Å². The lowest BCUT2D eigenvalue weighted by molar-refractivity contribution is -0.134. The number of H-pyrrole nitrogens is 1. The van der Waals surface area contributed by atoms with E-state index in [0.717, 1.165) is 12.8 Å². The summed E-state index contributed by atoms with van der Waals surface area (Å²) in [7, 11) is 1.29. The molecule has 1 aliphatic rings. The Morgan fingerprint density at radius 3 is 2.59 bits per heavy atom. The molecule has 27 heavy (non-hydrogen) atoms. The van der Waals surface area contributed by atoms with Gasteiger partial charge in [-0.3, -0.25) is 9.59 Å². The lowest BCUT2D eigenvalue weighted by atomic mass is 9.99. The molecule has 1 N–H and O–H groups in total. The minimum Gasteiger partial charge on any atom is -0.467 e. The maximum absolute atomic E-state index is 13.2. The number of methoxy groups -OCH3 is 1. The third-order valence-corrected chi connectivity index (χ3v) is 5.04. The van der Waals surface area contributed by atoms with Crippen molar-refractivity contribution < 1.29 is 23.5 Å². The van der Waals surface area contributed by atoms with Crippen molar-refractivity contribution >= 4 is 17.7 Å². The van der Waals surface area contributed by atoms with Crippen molar-refractivity contribution in [2.45, 2.75) is 46.2 Å². The highest BCUT2D eigenvalue weighted by Gasteiger charge is 2.38. The van der Waals surface area contributed by atoms with E-state index in [9.17, 15) is 14.4 Å². The largest absolute Gasteiger partial charge is 0.467 e. The Balaban J connectivity index is 1.90. The lowest BCUT2D eigenvalue weighted by Crippen LogP contribution is -2.43. The number of hydrogen-bond donors (Lipinski definition) is 1. The van der Waals surface area contributed by atoms with Gasteiger partial charge in [0.05, 0.1) is 26.0 Å². The summed E-state index contributed by atoms with van der Waals surface area (Å²) in [6.07, 6.45) is 3.25. The van der Waals surface area contributed by atoms with Gasteiger partial charge >= 0.3 is 5.97 Å². The molecule has 1 unspecified atom stereocenters. The zero-order valence-electron chi connectivity index (χ0n) is 16.0. The minimum atomic E-state index is -0.679. The van der Waals surface area contributed by atoms with Crippen LogP contribution in [0.1, 0.15) is 57.6 Å². The van der Waals surface area contributed by atoms with Gasteiger partial charge in [0.2, 0.25) is 5.91 Å². The molecule has 7 nitrogen and oxygen atoms in total. The average molecular weight is 372 g/mol. The van der Waals surface area contributed by atoms with Crippen LogP contribution in [-0.2, 0) is 16.1 Å². The van der Waals surface area contributed by atoms with Crippen molar-refractivity contribution in [3.05, 3.63) is 46.7 Å². The van der Waals surface area contributed by atoms with Crippen molar-refractivity contribution in [1.82, 2.24) is 9.88 Å². The molecule has 1 fully saturated rings. The van der Waals surface area contributed by atoms with Crippen LogP contribution >= 0.6 is 0 Å². The highest BCUT2D eigenvalue weighted by atomic mass is 16.5. The van der Waals surface area contributed by atoms with E-state index in [1.54, 1.807) is 44.1 Å². The van der Waals surface area contributed by atoms with E-state index in [-0.39, 0.29) is 29.8 Å². The Morgan fingerprint density at radius 2 is 2.04 bits per heavy atom. The number of nitrogens with one attached hydrogen (secondary N) is 1. The zero-order chi connectivity index (χ0) is 19.7. The first kappa shape index (κ1) is 18.9. The van der Waals surface area contributed by atoms with Gasteiger partial charge in [-0.2, -0.15) is 0 Å². The molecule has 2 aromatic rings. The fraction of sp³-hybridized carbons (Fsp3) is 0.450. The lowest BCUT2D eigenvalue weighted by Gasteiger charge is -2.28. The van der Waals surface area contributed by atoms with Crippen LogP contribution in [0.25, 0.3) is 0 Å². The molecule has 0 aromatic carbocycles. The number of nitrogens with zero attached hydrogens (tertiary/aromatic N) is 1. The molecule has 7 heteroatoms. The van der Waals surface area contributed by atoms with Crippen molar-refractivity contribution in [3.63, 3.8) is 0 Å². The van der Waals surface area contributed by atoms with Crippen molar-refractivity contribution in [2.75, 3.05) is 7.11 Å². The molecule has 1 amide bonds. The van der Waals surface area contributed by atoms with Crippen molar-refractivity contribution in [2.24, 2.45) is 5.92 Å². The Hall–Kier alpha value is -2.83. The minimum absolute atomic E-state index is 0.0192. The number of Topliss-reactive ketones (excluding diaryl/α,β-unsaturated/α-hetero) is 1. The van der Waals surface area contributed by atoms with Gasteiger partial charge in [-0.1, -0.05) is 0 Å². The molecule has 1 aliphatic carbocycles. The van der Waals surface area contributed by atoms with E-state index >= 15 is 0 Å². The smallest absolute Gasteiger partial charge is 0.354 e. The van der Waals surface area contributed by atoms with Crippen LogP contribution in [0.15, 0.2) is 22.8 Å². The fourth-order valence-electron chi connectivity index (χ4n) is 3.32. The van der Waals surface area contributed by atoms with E-state index in [2.05, 4.69) is 4.98 Å². The molecule has 0 bridgehead atoms. The van der Waals surface area contributed by atoms with Gasteiger partial charge in [0.1, 0.15) is 11.5 Å². The van der Waals surface area contributed by atoms with Gasteiger partial charge in [0.15, 0.2) is 5.78 Å². The molecular formula is C20H24N2O5. The van der Waals surface area contributed by atoms with Crippen LogP contribution in [0, 0.1) is 19.8 Å². The first-order chi connectivity index (χ1) is 12.8. The Labute approximate surface area is 157 Å². The van der Waals surface area contributed by atoms with E-state index in [4.69, 9.17) is 9.15 Å². The number of ketones is 1. The third kappa shape index (κ3) is 3.67. The Morgan fingerprint density at radius 1 is 1.33 bits per heavy atom. The second-order valence-corrected chi connectivity index (χ2v) is 6.98. The van der Waals surface area contributed by atoms with Crippen LogP contribution in [0.3, 0.4) is 0 Å². The fourth-order valence-corrected chi connectivity index (χ4v) is 3.32. The molecule has 0 saturated heterocycles. The summed E-state index contributed by atoms with van der Waals surface area (Å²) in [6, 6.07) is 2.86. The van der Waals surface area contributed by atoms with Gasteiger partial charge in [-0.05, 0) is 51.3 Å². The number of furan rings is 1. The normalized spacial score (nSPS) is 14.7. The van der Waals surface area contributed by atoms with Gasteiger partial charge < -0.3 is 19.0 Å². The van der Waals surface area contributed by atoms with Crippen molar-refractivity contribution in [1.29, 1.82) is 0 Å². The number of hydrogen-bond acceptors (Lipinski definition) is 5. The molecule has 3 rings (SSSR count). The highest BCUT2D eigenvalue weighted by molar-refractivity contribution is 6.06. The number of esters is 1. The molecule has 0 aliphatic heterocycles. The van der Waals surface area contributed by atoms with Crippen LogP contribution in [0.5, 0.6) is 0 Å². The SMILES string of the molecule is COC(=O)c1[nH]c(C)c(C(=O)C(C)N(Cc2ccco2)C(=O)C2CC2)c1C. The Bertz CT molecular complexity index is 861. The summed E-state index contributed by atoms with van der Waals surface area (Å²) < 4.78 is 10.1. The van der Waals surface area contributed by atoms with Gasteiger partial charge in [-0.25, -0.2) is 4.79 Å². The summed E-state index contributed by atoms with van der Waals surface area (Å²) in [4.78, 5) is 42.4. The topological polar surface area (TPSA) is 92.6 Å². The quantitative estimate of drug-likeness (QED) is 0.596. The maximum Gasteiger partial charge on any atom is 0.354 e. The molecule has 2 aromatic heterocycles. The number of aromatic amines is 1. The summed E-state index contributed by atoms with van der Waals surface area (Å²) in [5.74, 6) is -0.164. The molecule has 144 valence electrons. The van der Waals surface area contributed by atoms with Crippen LogP contribution in [-0.4, -0.2) is 40.7 Å². The average Bonchev–Trinajstić information content (AvgIpc) is 3.30. The third-order valence-electron chi connectivity index (χ3n) is 5.04. The van der Waals surface area contributed by atoms with Gasteiger partial charge in [0.25, 0.3) is 0 Å². The summed E-state index contributed by atoms with van der Waals surface area (Å²) in [6.45, 7) is 5.39. The summed E-state index contributed by atoms with van der Waals surface area (Å²) in [5, 5.41) is 0. The Kier molecular flexibility index (Phi) is 5.21. The first-order valence-electron chi connectivity index (χ1n) is 8.99. The zero-order valence-corrected chi connectivity index (χ0v) is 16.0. The van der Waals surface area contributed by atoms with Crippen LogP contribution in [0.2, 0.25) is 0 Å². The first-order valence-corrected chi connectivity index (χ1v) is 8.99. The maximum atomic E-state index is 13.2. The van der Waals surface area contributed by atoms with E-state index in [1.807, 2.05) is 0 Å². The number of rotatable bonds is 7. The standard InChI is InChI=1S/C20H24N2O5/c1-11-16(12(2)21-17(11)20(25)26-4)18(23)13(3)22(19(24)14-7-8-14)10-15-6-5-9-27-15/h5-6,9,13-14,21H,7-8,10H2,1-4H3. The van der Waals surface area contributed by atoms with E-state index in [1.165, 1.54) is 7.11 Å².